The first-order valence-corrected chi connectivity index (χ1v) is 13.6. The molecule has 2 atom stereocenters. The van der Waals surface area contributed by atoms with Crippen LogP contribution in [0.2, 0.25) is 0 Å². The molecule has 2 heterocycles. The number of hydrogen-bond acceptors (Lipinski definition) is 3. The highest BCUT2D eigenvalue weighted by Gasteiger charge is 2.34. The second kappa shape index (κ2) is 11.2. The molecule has 0 saturated carbocycles. The molecule has 0 spiro atoms. The van der Waals surface area contributed by atoms with Crippen LogP contribution >= 0.6 is 0 Å². The van der Waals surface area contributed by atoms with Crippen molar-refractivity contribution in [1.29, 1.82) is 0 Å². The lowest BCUT2D eigenvalue weighted by molar-refractivity contribution is -0.117. The van der Waals surface area contributed by atoms with Crippen LogP contribution in [0.25, 0.3) is 11.0 Å². The molecule has 0 N–H and O–H groups in total. The zero-order valence-corrected chi connectivity index (χ0v) is 22.2. The minimum atomic E-state index is 0.0847. The van der Waals surface area contributed by atoms with E-state index < -0.39 is 0 Å². The van der Waals surface area contributed by atoms with E-state index in [9.17, 15) is 4.79 Å². The maximum absolute atomic E-state index is 13.0. The highest BCUT2D eigenvalue weighted by molar-refractivity contribution is 5.96. The molecule has 1 aromatic heterocycles. The first-order chi connectivity index (χ1) is 18.0. The number of amides is 1. The van der Waals surface area contributed by atoms with Gasteiger partial charge in [0.05, 0.1) is 17.6 Å². The number of para-hydroxylation sites is 2. The molecule has 0 radical (unpaired) electrons. The number of anilines is 1. The first-order valence-electron chi connectivity index (χ1n) is 13.6. The second-order valence-electron chi connectivity index (χ2n) is 10.3. The average Bonchev–Trinajstić information content (AvgIpc) is 3.49. The Hall–Kier alpha value is -3.60. The summed E-state index contributed by atoms with van der Waals surface area (Å²) in [6.07, 6.45) is 3.58. The summed E-state index contributed by atoms with van der Waals surface area (Å²) >= 11 is 0. The van der Waals surface area contributed by atoms with Gasteiger partial charge in [-0.25, -0.2) is 4.98 Å². The molecule has 1 aliphatic heterocycles. The predicted octanol–water partition coefficient (Wildman–Crippen LogP) is 7.24. The van der Waals surface area contributed by atoms with Gasteiger partial charge in [-0.1, -0.05) is 55.8 Å². The van der Waals surface area contributed by atoms with Crippen molar-refractivity contribution < 1.29 is 9.53 Å². The van der Waals surface area contributed by atoms with E-state index >= 15 is 0 Å². The van der Waals surface area contributed by atoms with Crippen LogP contribution in [0.5, 0.6) is 5.75 Å². The molecule has 1 fully saturated rings. The Morgan fingerprint density at radius 1 is 1.00 bits per heavy atom. The summed E-state index contributed by atoms with van der Waals surface area (Å²) in [6, 6.07) is 25.0. The molecule has 5 nitrogen and oxygen atoms in total. The lowest BCUT2D eigenvalue weighted by Gasteiger charge is -2.18. The van der Waals surface area contributed by atoms with E-state index in [4.69, 9.17) is 9.72 Å². The number of benzene rings is 3. The van der Waals surface area contributed by atoms with Crippen LogP contribution in [-0.4, -0.2) is 28.6 Å². The maximum Gasteiger partial charge on any atom is 0.227 e. The zero-order chi connectivity index (χ0) is 25.8. The summed E-state index contributed by atoms with van der Waals surface area (Å²) in [5.74, 6) is 2.78. The fourth-order valence-electron chi connectivity index (χ4n) is 5.19. The van der Waals surface area contributed by atoms with E-state index in [0.29, 0.717) is 25.5 Å². The van der Waals surface area contributed by atoms with Crippen LogP contribution in [0, 0.1) is 6.92 Å². The van der Waals surface area contributed by atoms with Crippen molar-refractivity contribution in [3.05, 3.63) is 89.7 Å². The van der Waals surface area contributed by atoms with Crippen LogP contribution < -0.4 is 9.64 Å². The number of ether oxygens (including phenoxy) is 1. The molecule has 1 aliphatic rings. The molecule has 5 rings (SSSR count). The van der Waals surface area contributed by atoms with E-state index in [1.807, 2.05) is 23.1 Å². The lowest BCUT2D eigenvalue weighted by atomic mass is 9.99. The molecule has 0 bridgehead atoms. The van der Waals surface area contributed by atoms with E-state index in [0.717, 1.165) is 54.1 Å². The molecule has 1 amide bonds. The summed E-state index contributed by atoms with van der Waals surface area (Å²) in [5, 5.41) is 0. The molecule has 3 aromatic carbocycles. The first kappa shape index (κ1) is 25.1. The molecule has 192 valence electrons. The van der Waals surface area contributed by atoms with Gasteiger partial charge in [0.25, 0.3) is 0 Å². The maximum atomic E-state index is 13.0. The van der Waals surface area contributed by atoms with Crippen molar-refractivity contribution in [2.45, 2.75) is 64.8 Å². The number of imidazole rings is 1. The molecular formula is C32H37N3O2. The summed E-state index contributed by atoms with van der Waals surface area (Å²) in [5.41, 5.74) is 5.66. The van der Waals surface area contributed by atoms with E-state index in [1.165, 1.54) is 11.1 Å². The molecule has 2 unspecified atom stereocenters. The Kier molecular flexibility index (Phi) is 7.59. The number of rotatable bonds is 10. The van der Waals surface area contributed by atoms with E-state index in [-0.39, 0.29) is 11.8 Å². The predicted molar refractivity (Wildman–Crippen MR) is 150 cm³/mol. The number of unbranched alkanes of at least 4 members (excludes halogenated alkanes) is 1. The van der Waals surface area contributed by atoms with Gasteiger partial charge in [-0.15, -0.1) is 0 Å². The summed E-state index contributed by atoms with van der Waals surface area (Å²) < 4.78 is 8.35. The number of aromatic nitrogens is 2. The third kappa shape index (κ3) is 5.56. The number of fused-ring (bicyclic) bond motifs is 1. The third-order valence-corrected chi connectivity index (χ3v) is 7.63. The normalized spacial score (nSPS) is 16.5. The van der Waals surface area contributed by atoms with Gasteiger partial charge in [0, 0.05) is 31.1 Å². The molecular weight excluding hydrogens is 458 g/mol. The Morgan fingerprint density at radius 3 is 2.51 bits per heavy atom. The van der Waals surface area contributed by atoms with Gasteiger partial charge in [0.1, 0.15) is 11.6 Å². The Labute approximate surface area is 220 Å². The zero-order valence-electron chi connectivity index (χ0n) is 22.2. The third-order valence-electron chi connectivity index (χ3n) is 7.63. The Morgan fingerprint density at radius 2 is 1.76 bits per heavy atom. The van der Waals surface area contributed by atoms with Crippen molar-refractivity contribution in [2.24, 2.45) is 0 Å². The highest BCUT2D eigenvalue weighted by atomic mass is 16.5. The number of carbonyl (C=O) groups is 1. The highest BCUT2D eigenvalue weighted by Crippen LogP contribution is 2.33. The van der Waals surface area contributed by atoms with Crippen molar-refractivity contribution >= 4 is 22.6 Å². The standard InChI is InChI=1S/C32H37N3O2/c1-4-24(3)25-13-17-28(18-14-25)37-20-8-7-19-34-30-10-6-5-9-29(30)33-32(34)26-21-31(36)35(22-26)27-15-11-23(2)12-16-27/h5-6,9-18,24,26H,4,7-8,19-22H2,1-3H3. The van der Waals surface area contributed by atoms with Crippen LogP contribution in [0.4, 0.5) is 5.69 Å². The van der Waals surface area contributed by atoms with Crippen molar-refractivity contribution in [3.63, 3.8) is 0 Å². The molecule has 37 heavy (non-hydrogen) atoms. The van der Waals surface area contributed by atoms with Gasteiger partial charge >= 0.3 is 0 Å². The van der Waals surface area contributed by atoms with E-state index in [1.54, 1.807) is 0 Å². The molecule has 5 heteroatoms. The van der Waals surface area contributed by atoms with Gasteiger partial charge in [-0.2, -0.15) is 0 Å². The number of hydrogen-bond donors (Lipinski definition) is 0. The number of nitrogens with zero attached hydrogens (tertiary/aromatic N) is 3. The smallest absolute Gasteiger partial charge is 0.227 e. The van der Waals surface area contributed by atoms with Gasteiger partial charge in [-0.05, 0) is 74.1 Å². The quantitative estimate of drug-likeness (QED) is 0.218. The summed E-state index contributed by atoms with van der Waals surface area (Å²) in [4.78, 5) is 19.9. The topological polar surface area (TPSA) is 47.4 Å². The number of carbonyl (C=O) groups excluding carboxylic acids is 1. The van der Waals surface area contributed by atoms with Gasteiger partial charge < -0.3 is 14.2 Å². The second-order valence-corrected chi connectivity index (χ2v) is 10.3. The Balaban J connectivity index is 1.23. The summed E-state index contributed by atoms with van der Waals surface area (Å²) in [7, 11) is 0. The minimum Gasteiger partial charge on any atom is -0.494 e. The average molecular weight is 496 g/mol. The fourth-order valence-corrected chi connectivity index (χ4v) is 5.19. The van der Waals surface area contributed by atoms with Gasteiger partial charge in [0.2, 0.25) is 5.91 Å². The number of aryl methyl sites for hydroxylation is 2. The fraction of sp³-hybridized carbons (Fsp3) is 0.375. The largest absolute Gasteiger partial charge is 0.494 e. The van der Waals surface area contributed by atoms with Crippen molar-refractivity contribution in [1.82, 2.24) is 9.55 Å². The molecule has 4 aromatic rings. The van der Waals surface area contributed by atoms with E-state index in [2.05, 4.69) is 79.9 Å². The van der Waals surface area contributed by atoms with Crippen LogP contribution in [0.3, 0.4) is 0 Å². The van der Waals surface area contributed by atoms with Crippen molar-refractivity contribution in [3.8, 4) is 5.75 Å². The molecule has 1 saturated heterocycles. The monoisotopic (exact) mass is 495 g/mol. The van der Waals surface area contributed by atoms with Crippen LogP contribution in [0.15, 0.2) is 72.8 Å². The SMILES string of the molecule is CCC(C)c1ccc(OCCCCn2c(C3CC(=O)N(c4ccc(C)cc4)C3)nc3ccccc32)cc1. The van der Waals surface area contributed by atoms with Gasteiger partial charge in [0.15, 0.2) is 0 Å². The molecule has 0 aliphatic carbocycles. The van der Waals surface area contributed by atoms with Crippen LogP contribution in [-0.2, 0) is 11.3 Å². The Bertz CT molecular complexity index is 1340. The summed E-state index contributed by atoms with van der Waals surface area (Å²) in [6.45, 7) is 8.76. The lowest BCUT2D eigenvalue weighted by Crippen LogP contribution is -2.24. The van der Waals surface area contributed by atoms with Crippen molar-refractivity contribution in [2.75, 3.05) is 18.1 Å². The van der Waals surface area contributed by atoms with Gasteiger partial charge in [-0.3, -0.25) is 4.79 Å². The minimum absolute atomic E-state index is 0.0847. The van der Waals surface area contributed by atoms with Crippen LogP contribution in [0.1, 0.15) is 68.3 Å².